The Morgan fingerprint density at radius 1 is 1.04 bits per heavy atom. The molecule has 0 radical (unpaired) electrons. The summed E-state index contributed by atoms with van der Waals surface area (Å²) in [7, 11) is 1.54. The molecule has 1 atom stereocenters. The number of halogens is 2. The molecule has 138 valence electrons. The van der Waals surface area contributed by atoms with E-state index in [2.05, 4.69) is 5.10 Å². The Kier molecular flexibility index (Phi) is 5.12. The van der Waals surface area contributed by atoms with E-state index in [1.54, 1.807) is 25.1 Å². The maximum atomic E-state index is 14.0. The minimum atomic E-state index is -0.535. The fraction of sp³-hybridized carbons (Fsp3) is 0.150. The van der Waals surface area contributed by atoms with Crippen LogP contribution in [-0.4, -0.2) is 27.6 Å². The van der Waals surface area contributed by atoms with Gasteiger partial charge in [-0.1, -0.05) is 18.2 Å². The molecule has 0 fully saturated rings. The SMILES string of the molecule is CC(c1ccccc1F)N(C)C(=O)c1ccc(=O)n(-c2ccc(F)cc2)n1. The number of amides is 1. The van der Waals surface area contributed by atoms with Crippen LogP contribution in [0.15, 0.2) is 65.5 Å². The van der Waals surface area contributed by atoms with Gasteiger partial charge in [-0.25, -0.2) is 8.78 Å². The minimum absolute atomic E-state index is 0.0182. The maximum absolute atomic E-state index is 14.0. The van der Waals surface area contributed by atoms with Crippen molar-refractivity contribution in [1.82, 2.24) is 14.7 Å². The molecule has 1 unspecified atom stereocenters. The molecular formula is C20H17F2N3O2. The van der Waals surface area contributed by atoms with Crippen molar-refractivity contribution in [3.8, 4) is 5.69 Å². The van der Waals surface area contributed by atoms with Crippen molar-refractivity contribution in [2.24, 2.45) is 0 Å². The van der Waals surface area contributed by atoms with Crippen LogP contribution < -0.4 is 5.56 Å². The average Bonchev–Trinajstić information content (AvgIpc) is 2.68. The van der Waals surface area contributed by atoms with Gasteiger partial charge in [-0.15, -0.1) is 0 Å². The summed E-state index contributed by atoms with van der Waals surface area (Å²) in [5.74, 6) is -1.33. The molecule has 3 aromatic rings. The molecule has 2 aromatic carbocycles. The van der Waals surface area contributed by atoms with Gasteiger partial charge in [0, 0.05) is 18.7 Å². The minimum Gasteiger partial charge on any atom is -0.333 e. The summed E-state index contributed by atoms with van der Waals surface area (Å²) in [5, 5.41) is 4.09. The highest BCUT2D eigenvalue weighted by atomic mass is 19.1. The van der Waals surface area contributed by atoms with Gasteiger partial charge in [-0.2, -0.15) is 9.78 Å². The molecule has 1 heterocycles. The van der Waals surface area contributed by atoms with Crippen LogP contribution in [0.2, 0.25) is 0 Å². The Morgan fingerprint density at radius 2 is 1.70 bits per heavy atom. The molecule has 1 aromatic heterocycles. The van der Waals surface area contributed by atoms with Crippen LogP contribution in [-0.2, 0) is 0 Å². The fourth-order valence-electron chi connectivity index (χ4n) is 2.67. The molecule has 0 aliphatic heterocycles. The van der Waals surface area contributed by atoms with Gasteiger partial charge >= 0.3 is 0 Å². The molecule has 0 aliphatic carbocycles. The Morgan fingerprint density at radius 3 is 2.37 bits per heavy atom. The highest BCUT2D eigenvalue weighted by Gasteiger charge is 2.22. The van der Waals surface area contributed by atoms with Crippen molar-refractivity contribution >= 4 is 5.91 Å². The van der Waals surface area contributed by atoms with Gasteiger partial charge in [-0.3, -0.25) is 9.59 Å². The van der Waals surface area contributed by atoms with Gasteiger partial charge in [0.25, 0.3) is 11.5 Å². The molecule has 0 spiro atoms. The Hall–Kier alpha value is -3.35. The molecule has 0 N–H and O–H groups in total. The molecule has 1 amide bonds. The molecule has 0 saturated carbocycles. The average molecular weight is 369 g/mol. The van der Waals surface area contributed by atoms with Crippen LogP contribution in [0.1, 0.15) is 29.0 Å². The zero-order valence-electron chi connectivity index (χ0n) is 14.8. The van der Waals surface area contributed by atoms with E-state index >= 15 is 0 Å². The van der Waals surface area contributed by atoms with E-state index in [1.165, 1.54) is 54.4 Å². The smallest absolute Gasteiger partial charge is 0.274 e. The lowest BCUT2D eigenvalue weighted by atomic mass is 10.1. The van der Waals surface area contributed by atoms with Crippen molar-refractivity contribution in [2.75, 3.05) is 7.05 Å². The van der Waals surface area contributed by atoms with Crippen LogP contribution in [0.4, 0.5) is 8.78 Å². The molecular weight excluding hydrogens is 352 g/mol. The predicted molar refractivity (Wildman–Crippen MR) is 96.7 cm³/mol. The van der Waals surface area contributed by atoms with Crippen LogP contribution in [0.5, 0.6) is 0 Å². The van der Waals surface area contributed by atoms with Gasteiger partial charge in [0.05, 0.1) is 11.7 Å². The fourth-order valence-corrected chi connectivity index (χ4v) is 2.67. The van der Waals surface area contributed by atoms with E-state index in [-0.39, 0.29) is 5.69 Å². The third-order valence-corrected chi connectivity index (χ3v) is 4.35. The molecule has 0 aliphatic rings. The van der Waals surface area contributed by atoms with Crippen LogP contribution in [0, 0.1) is 11.6 Å². The second-order valence-electron chi connectivity index (χ2n) is 6.06. The first-order valence-corrected chi connectivity index (χ1v) is 8.26. The summed E-state index contributed by atoms with van der Waals surface area (Å²) < 4.78 is 28.1. The van der Waals surface area contributed by atoms with Crippen molar-refractivity contribution in [1.29, 1.82) is 0 Å². The molecule has 5 nitrogen and oxygen atoms in total. The van der Waals surface area contributed by atoms with Crippen LogP contribution in [0.25, 0.3) is 5.69 Å². The van der Waals surface area contributed by atoms with Gasteiger partial charge in [0.15, 0.2) is 0 Å². The molecule has 0 bridgehead atoms. The second-order valence-corrected chi connectivity index (χ2v) is 6.06. The number of rotatable bonds is 4. The largest absolute Gasteiger partial charge is 0.333 e. The lowest BCUT2D eigenvalue weighted by Crippen LogP contribution is -2.33. The zero-order chi connectivity index (χ0) is 19.6. The highest BCUT2D eigenvalue weighted by Crippen LogP contribution is 2.22. The number of aromatic nitrogens is 2. The first kappa shape index (κ1) is 18.4. The second kappa shape index (κ2) is 7.49. The quantitative estimate of drug-likeness (QED) is 0.709. The summed E-state index contributed by atoms with van der Waals surface area (Å²) in [5.41, 5.74) is 0.272. The van der Waals surface area contributed by atoms with E-state index in [1.807, 2.05) is 0 Å². The van der Waals surface area contributed by atoms with Gasteiger partial charge < -0.3 is 4.90 Å². The molecule has 3 rings (SSSR count). The third-order valence-electron chi connectivity index (χ3n) is 4.35. The van der Waals surface area contributed by atoms with E-state index < -0.39 is 29.1 Å². The van der Waals surface area contributed by atoms with Crippen LogP contribution in [0.3, 0.4) is 0 Å². The Bertz CT molecular complexity index is 1030. The summed E-state index contributed by atoms with van der Waals surface area (Å²) in [4.78, 5) is 26.2. The highest BCUT2D eigenvalue weighted by molar-refractivity contribution is 5.92. The van der Waals surface area contributed by atoms with Crippen molar-refractivity contribution in [3.63, 3.8) is 0 Å². The maximum Gasteiger partial charge on any atom is 0.274 e. The van der Waals surface area contributed by atoms with E-state index in [0.717, 1.165) is 4.68 Å². The number of nitrogens with zero attached hydrogens (tertiary/aromatic N) is 3. The topological polar surface area (TPSA) is 55.2 Å². The third kappa shape index (κ3) is 3.76. The molecule has 0 saturated heterocycles. The predicted octanol–water partition coefficient (Wildman–Crippen LogP) is 3.34. The number of hydrogen-bond donors (Lipinski definition) is 0. The van der Waals surface area contributed by atoms with Crippen molar-refractivity contribution in [2.45, 2.75) is 13.0 Å². The van der Waals surface area contributed by atoms with Crippen molar-refractivity contribution < 1.29 is 13.6 Å². The van der Waals surface area contributed by atoms with Gasteiger partial charge in [-0.05, 0) is 43.3 Å². The summed E-state index contributed by atoms with van der Waals surface area (Å²) in [6, 6.07) is 13.4. The number of hydrogen-bond acceptors (Lipinski definition) is 3. The van der Waals surface area contributed by atoms with Gasteiger partial charge in [0.2, 0.25) is 0 Å². The summed E-state index contributed by atoms with van der Waals surface area (Å²) in [6.45, 7) is 1.70. The summed E-state index contributed by atoms with van der Waals surface area (Å²) >= 11 is 0. The van der Waals surface area contributed by atoms with Gasteiger partial charge in [0.1, 0.15) is 17.3 Å². The van der Waals surface area contributed by atoms with Crippen LogP contribution >= 0.6 is 0 Å². The van der Waals surface area contributed by atoms with E-state index in [0.29, 0.717) is 11.3 Å². The number of benzene rings is 2. The lowest BCUT2D eigenvalue weighted by Gasteiger charge is -2.25. The Balaban J connectivity index is 1.93. The normalized spacial score (nSPS) is 11.9. The standard InChI is InChI=1S/C20H17F2N3O2/c1-13(16-5-3-4-6-17(16)22)24(2)20(27)18-11-12-19(26)25(23-18)15-9-7-14(21)8-10-15/h3-13H,1-2H3. The number of carbonyl (C=O) groups is 1. The molecule has 7 heteroatoms. The summed E-state index contributed by atoms with van der Waals surface area (Å²) in [6.07, 6.45) is 0. The first-order valence-electron chi connectivity index (χ1n) is 8.26. The monoisotopic (exact) mass is 369 g/mol. The Labute approximate surface area is 154 Å². The lowest BCUT2D eigenvalue weighted by molar-refractivity contribution is 0.0732. The number of carbonyl (C=O) groups excluding carboxylic acids is 1. The van der Waals surface area contributed by atoms with E-state index in [9.17, 15) is 18.4 Å². The van der Waals surface area contributed by atoms with Crippen molar-refractivity contribution in [3.05, 3.63) is 93.9 Å². The van der Waals surface area contributed by atoms with E-state index in [4.69, 9.17) is 0 Å². The zero-order valence-corrected chi connectivity index (χ0v) is 14.8. The first-order chi connectivity index (χ1) is 12.9. The molecule has 27 heavy (non-hydrogen) atoms.